The number of nitro groups is 1. The second-order valence-corrected chi connectivity index (χ2v) is 4.06. The van der Waals surface area contributed by atoms with E-state index < -0.39 is 4.92 Å². The molecule has 0 atom stereocenters. The Morgan fingerprint density at radius 2 is 2.05 bits per heavy atom. The minimum atomic E-state index is -0.510. The smallest absolute Gasteiger partial charge is 0.311 e. The van der Waals surface area contributed by atoms with Crippen molar-refractivity contribution in [2.24, 2.45) is 0 Å². The van der Waals surface area contributed by atoms with E-state index in [1.807, 2.05) is 13.8 Å². The Bertz CT molecular complexity index is 487. The van der Waals surface area contributed by atoms with E-state index in [2.05, 4.69) is 5.32 Å². The lowest BCUT2D eigenvalue weighted by Crippen LogP contribution is -2.35. The van der Waals surface area contributed by atoms with Gasteiger partial charge >= 0.3 is 5.69 Å². The second kappa shape index (κ2) is 7.32. The first-order valence-electron chi connectivity index (χ1n) is 6.37. The summed E-state index contributed by atoms with van der Waals surface area (Å²) in [5.41, 5.74) is 0.501. The average Bonchev–Trinajstić information content (AvgIpc) is 2.45. The zero-order chi connectivity index (χ0) is 15.1. The van der Waals surface area contributed by atoms with E-state index in [0.29, 0.717) is 18.8 Å². The lowest BCUT2D eigenvalue weighted by atomic mass is 10.2. The summed E-state index contributed by atoms with van der Waals surface area (Å²) in [4.78, 5) is 23.8. The molecule has 0 saturated heterocycles. The van der Waals surface area contributed by atoms with Crippen molar-refractivity contribution >= 4 is 17.3 Å². The fourth-order valence-corrected chi connectivity index (χ4v) is 1.80. The number of ether oxygens (including phenoxy) is 1. The number of carbonyl (C=O) groups is 1. The second-order valence-electron chi connectivity index (χ2n) is 4.06. The van der Waals surface area contributed by atoms with Crippen molar-refractivity contribution < 1.29 is 14.5 Å². The molecule has 0 radical (unpaired) electrons. The zero-order valence-electron chi connectivity index (χ0n) is 11.9. The van der Waals surface area contributed by atoms with Gasteiger partial charge in [0.05, 0.1) is 18.6 Å². The maximum atomic E-state index is 11.8. The molecule has 0 aliphatic rings. The van der Waals surface area contributed by atoms with Gasteiger partial charge in [0.25, 0.3) is 0 Å². The Labute approximate surface area is 117 Å². The summed E-state index contributed by atoms with van der Waals surface area (Å²) in [6.07, 6.45) is 0. The molecule has 0 saturated carbocycles. The number of nitro benzene ring substituents is 1. The number of nitrogens with zero attached hydrogens (tertiary/aromatic N) is 2. The molecule has 1 N–H and O–H groups in total. The Kier molecular flexibility index (Phi) is 5.76. The van der Waals surface area contributed by atoms with Crippen LogP contribution in [0.1, 0.15) is 13.8 Å². The van der Waals surface area contributed by atoms with E-state index >= 15 is 0 Å². The van der Waals surface area contributed by atoms with Crippen LogP contribution >= 0.6 is 0 Å². The van der Waals surface area contributed by atoms with E-state index in [9.17, 15) is 14.9 Å². The van der Waals surface area contributed by atoms with Gasteiger partial charge in [-0.25, -0.2) is 0 Å². The predicted octanol–water partition coefficient (Wildman–Crippen LogP) is 1.88. The van der Waals surface area contributed by atoms with Crippen molar-refractivity contribution in [2.75, 3.05) is 32.1 Å². The van der Waals surface area contributed by atoms with Crippen molar-refractivity contribution in [3.05, 3.63) is 28.3 Å². The van der Waals surface area contributed by atoms with Gasteiger partial charge in [-0.15, -0.1) is 0 Å². The van der Waals surface area contributed by atoms with Crippen molar-refractivity contribution in [1.29, 1.82) is 0 Å². The van der Waals surface area contributed by atoms with Crippen molar-refractivity contribution in [2.45, 2.75) is 13.8 Å². The summed E-state index contributed by atoms with van der Waals surface area (Å²) < 4.78 is 4.97. The quantitative estimate of drug-likeness (QED) is 0.609. The largest absolute Gasteiger partial charge is 0.490 e. The van der Waals surface area contributed by atoms with Gasteiger partial charge in [-0.2, -0.15) is 0 Å². The molecule has 0 spiro atoms. The number of methoxy groups -OCH3 is 1. The van der Waals surface area contributed by atoms with E-state index in [0.717, 1.165) is 0 Å². The highest BCUT2D eigenvalue weighted by atomic mass is 16.6. The fourth-order valence-electron chi connectivity index (χ4n) is 1.80. The van der Waals surface area contributed by atoms with E-state index in [1.54, 1.807) is 11.0 Å². The molecule has 0 aromatic heterocycles. The molecule has 7 heteroatoms. The minimum Gasteiger partial charge on any atom is -0.490 e. The summed E-state index contributed by atoms with van der Waals surface area (Å²) in [7, 11) is 1.37. The van der Waals surface area contributed by atoms with Gasteiger partial charge in [-0.1, -0.05) is 0 Å². The summed E-state index contributed by atoms with van der Waals surface area (Å²) in [6.45, 7) is 5.27. The molecule has 0 unspecified atom stereocenters. The van der Waals surface area contributed by atoms with Crippen LogP contribution in [-0.2, 0) is 4.79 Å². The maximum Gasteiger partial charge on any atom is 0.311 e. The van der Waals surface area contributed by atoms with E-state index in [4.69, 9.17) is 4.74 Å². The number of nitrogens with one attached hydrogen (secondary N) is 1. The number of anilines is 1. The third-order valence-corrected chi connectivity index (χ3v) is 2.94. The molecular formula is C13H19N3O4. The Balaban J connectivity index is 2.74. The first kappa shape index (κ1) is 15.7. The first-order valence-corrected chi connectivity index (χ1v) is 6.37. The van der Waals surface area contributed by atoms with Gasteiger partial charge in [-0.05, 0) is 19.9 Å². The standard InChI is InChI=1S/C13H19N3O4/c1-4-15(5-2)13(17)9-14-10-6-7-11(16(18)19)12(8-10)20-3/h6-8,14H,4-5,9H2,1-3H3. The first-order chi connectivity index (χ1) is 9.53. The Morgan fingerprint density at radius 1 is 1.40 bits per heavy atom. The molecule has 1 amide bonds. The van der Waals surface area contributed by atoms with Crippen molar-refractivity contribution in [3.8, 4) is 5.75 Å². The Morgan fingerprint density at radius 3 is 2.55 bits per heavy atom. The van der Waals surface area contributed by atoms with Crippen LogP contribution in [0.15, 0.2) is 18.2 Å². The molecule has 7 nitrogen and oxygen atoms in total. The predicted molar refractivity (Wildman–Crippen MR) is 76.1 cm³/mol. The molecule has 1 rings (SSSR count). The molecule has 1 aromatic rings. The van der Waals surface area contributed by atoms with Crippen LogP contribution in [0.2, 0.25) is 0 Å². The fraction of sp³-hybridized carbons (Fsp3) is 0.462. The van der Waals surface area contributed by atoms with Crippen LogP contribution in [0, 0.1) is 10.1 Å². The highest BCUT2D eigenvalue weighted by Gasteiger charge is 2.15. The van der Waals surface area contributed by atoms with Crippen LogP contribution in [0.4, 0.5) is 11.4 Å². The number of likely N-dealkylation sites (N-methyl/N-ethyl adjacent to an activating group) is 1. The number of benzene rings is 1. The minimum absolute atomic E-state index is 0.0210. The zero-order valence-corrected chi connectivity index (χ0v) is 11.9. The average molecular weight is 281 g/mol. The summed E-state index contributed by atoms with van der Waals surface area (Å²) in [5.74, 6) is 0.141. The molecule has 110 valence electrons. The van der Waals surface area contributed by atoms with Crippen LogP contribution in [0.5, 0.6) is 5.75 Å². The Hall–Kier alpha value is -2.31. The topological polar surface area (TPSA) is 84.7 Å². The molecular weight excluding hydrogens is 262 g/mol. The summed E-state index contributed by atoms with van der Waals surface area (Å²) >= 11 is 0. The van der Waals surface area contributed by atoms with Crippen LogP contribution in [0.3, 0.4) is 0 Å². The number of carbonyl (C=O) groups excluding carboxylic acids is 1. The SMILES string of the molecule is CCN(CC)C(=O)CNc1ccc([N+](=O)[O-])c(OC)c1. The van der Waals surface area contributed by atoms with Gasteiger partial charge < -0.3 is 15.0 Å². The molecule has 0 aliphatic carbocycles. The molecule has 0 bridgehead atoms. The highest BCUT2D eigenvalue weighted by molar-refractivity contribution is 5.81. The molecule has 20 heavy (non-hydrogen) atoms. The van der Waals surface area contributed by atoms with Gasteiger partial charge in [-0.3, -0.25) is 14.9 Å². The van der Waals surface area contributed by atoms with Gasteiger partial charge in [0.1, 0.15) is 0 Å². The molecule has 0 fully saturated rings. The normalized spacial score (nSPS) is 9.95. The maximum absolute atomic E-state index is 11.8. The van der Waals surface area contributed by atoms with Crippen LogP contribution in [-0.4, -0.2) is 42.5 Å². The highest BCUT2D eigenvalue weighted by Crippen LogP contribution is 2.29. The number of rotatable bonds is 7. The van der Waals surface area contributed by atoms with Crippen molar-refractivity contribution in [1.82, 2.24) is 4.90 Å². The lowest BCUT2D eigenvalue weighted by molar-refractivity contribution is -0.385. The summed E-state index contributed by atoms with van der Waals surface area (Å²) in [5, 5.41) is 13.7. The third kappa shape index (κ3) is 3.84. The van der Waals surface area contributed by atoms with Gasteiger partial charge in [0.15, 0.2) is 5.75 Å². The summed E-state index contributed by atoms with van der Waals surface area (Å²) in [6, 6.07) is 4.41. The number of hydrogen-bond acceptors (Lipinski definition) is 5. The van der Waals surface area contributed by atoms with Crippen molar-refractivity contribution in [3.63, 3.8) is 0 Å². The monoisotopic (exact) mass is 281 g/mol. The number of hydrogen-bond donors (Lipinski definition) is 1. The lowest BCUT2D eigenvalue weighted by Gasteiger charge is -2.19. The van der Waals surface area contributed by atoms with Gasteiger partial charge in [0, 0.05) is 30.9 Å². The molecule has 0 aliphatic heterocycles. The third-order valence-electron chi connectivity index (χ3n) is 2.94. The van der Waals surface area contributed by atoms with Gasteiger partial charge in [0.2, 0.25) is 5.91 Å². The van der Waals surface area contributed by atoms with Crippen LogP contribution < -0.4 is 10.1 Å². The number of amides is 1. The molecule has 0 heterocycles. The molecule has 1 aromatic carbocycles. The van der Waals surface area contributed by atoms with Crippen LogP contribution in [0.25, 0.3) is 0 Å². The van der Waals surface area contributed by atoms with E-state index in [1.165, 1.54) is 19.2 Å². The van der Waals surface area contributed by atoms with E-state index in [-0.39, 0.29) is 23.9 Å².